The molecule has 1 aliphatic heterocycles. The highest BCUT2D eigenvalue weighted by Crippen LogP contribution is 2.32. The molecule has 1 aliphatic carbocycles. The maximum absolute atomic E-state index is 11.9. The van der Waals surface area contributed by atoms with E-state index >= 15 is 0 Å². The zero-order valence-corrected chi connectivity index (χ0v) is 11.2. The second kappa shape index (κ2) is 5.86. The van der Waals surface area contributed by atoms with Gasteiger partial charge in [-0.1, -0.05) is 12.2 Å². The second-order valence-electron chi connectivity index (χ2n) is 4.92. The van der Waals surface area contributed by atoms with E-state index in [4.69, 9.17) is 9.47 Å². The SMILES string of the molecule is O=C(Nc1ccc2c(c1)OCCO2)N[C@@H]1C=CCCC1. The largest absolute Gasteiger partial charge is 0.486 e. The summed E-state index contributed by atoms with van der Waals surface area (Å²) in [6, 6.07) is 5.33. The molecule has 20 heavy (non-hydrogen) atoms. The number of hydrogen-bond acceptors (Lipinski definition) is 3. The molecule has 1 atom stereocenters. The molecule has 0 spiro atoms. The Balaban J connectivity index is 1.60. The van der Waals surface area contributed by atoms with E-state index in [2.05, 4.69) is 16.7 Å². The summed E-state index contributed by atoms with van der Waals surface area (Å²) in [5.41, 5.74) is 0.700. The number of rotatable bonds is 2. The quantitative estimate of drug-likeness (QED) is 0.815. The molecule has 0 radical (unpaired) electrons. The molecule has 106 valence electrons. The van der Waals surface area contributed by atoms with Gasteiger partial charge in [-0.2, -0.15) is 0 Å². The number of fused-ring (bicyclic) bond motifs is 1. The minimum Gasteiger partial charge on any atom is -0.486 e. The predicted molar refractivity (Wildman–Crippen MR) is 76.4 cm³/mol. The summed E-state index contributed by atoms with van der Waals surface area (Å²) in [5.74, 6) is 1.39. The fourth-order valence-corrected chi connectivity index (χ4v) is 2.39. The molecule has 5 nitrogen and oxygen atoms in total. The molecule has 0 aromatic heterocycles. The van der Waals surface area contributed by atoms with Crippen LogP contribution in [0.1, 0.15) is 19.3 Å². The molecule has 0 bridgehead atoms. The molecule has 2 N–H and O–H groups in total. The molecule has 0 saturated heterocycles. The van der Waals surface area contributed by atoms with Crippen molar-refractivity contribution < 1.29 is 14.3 Å². The maximum Gasteiger partial charge on any atom is 0.319 e. The van der Waals surface area contributed by atoms with Gasteiger partial charge >= 0.3 is 6.03 Å². The maximum atomic E-state index is 11.9. The Morgan fingerprint density at radius 2 is 2.05 bits per heavy atom. The van der Waals surface area contributed by atoms with E-state index in [0.29, 0.717) is 24.7 Å². The summed E-state index contributed by atoms with van der Waals surface area (Å²) in [5, 5.41) is 5.76. The Morgan fingerprint density at radius 1 is 1.20 bits per heavy atom. The van der Waals surface area contributed by atoms with Crippen molar-refractivity contribution in [2.24, 2.45) is 0 Å². The van der Waals surface area contributed by atoms with Crippen molar-refractivity contribution in [3.8, 4) is 11.5 Å². The van der Waals surface area contributed by atoms with Crippen LogP contribution in [0.15, 0.2) is 30.4 Å². The van der Waals surface area contributed by atoms with Crippen molar-refractivity contribution in [1.82, 2.24) is 5.32 Å². The van der Waals surface area contributed by atoms with Crippen molar-refractivity contribution in [2.75, 3.05) is 18.5 Å². The summed E-state index contributed by atoms with van der Waals surface area (Å²) in [7, 11) is 0. The van der Waals surface area contributed by atoms with Gasteiger partial charge in [0.1, 0.15) is 13.2 Å². The lowest BCUT2D eigenvalue weighted by Crippen LogP contribution is -2.37. The fourth-order valence-electron chi connectivity index (χ4n) is 2.39. The van der Waals surface area contributed by atoms with Gasteiger partial charge in [0.2, 0.25) is 0 Å². The van der Waals surface area contributed by atoms with Crippen molar-refractivity contribution in [3.05, 3.63) is 30.4 Å². The molecule has 5 heteroatoms. The first kappa shape index (κ1) is 12.8. The van der Waals surface area contributed by atoms with Gasteiger partial charge in [-0.15, -0.1) is 0 Å². The van der Waals surface area contributed by atoms with Crippen LogP contribution in [-0.2, 0) is 0 Å². The van der Waals surface area contributed by atoms with Crippen molar-refractivity contribution >= 4 is 11.7 Å². The van der Waals surface area contributed by atoms with Crippen LogP contribution in [0.2, 0.25) is 0 Å². The van der Waals surface area contributed by atoms with E-state index in [1.807, 2.05) is 18.2 Å². The zero-order valence-electron chi connectivity index (χ0n) is 11.2. The number of amides is 2. The van der Waals surface area contributed by atoms with Gasteiger partial charge in [0.25, 0.3) is 0 Å². The highest BCUT2D eigenvalue weighted by molar-refractivity contribution is 5.90. The van der Waals surface area contributed by atoms with Crippen LogP contribution < -0.4 is 20.1 Å². The third kappa shape index (κ3) is 3.04. The third-order valence-electron chi connectivity index (χ3n) is 3.37. The number of anilines is 1. The molecule has 0 saturated carbocycles. The van der Waals surface area contributed by atoms with Crippen LogP contribution in [0, 0.1) is 0 Å². The molecular formula is C15H18N2O3. The summed E-state index contributed by atoms with van der Waals surface area (Å²) in [4.78, 5) is 11.9. The first-order valence-corrected chi connectivity index (χ1v) is 6.95. The second-order valence-corrected chi connectivity index (χ2v) is 4.92. The van der Waals surface area contributed by atoms with E-state index in [-0.39, 0.29) is 12.1 Å². The minimum atomic E-state index is -0.196. The summed E-state index contributed by atoms with van der Waals surface area (Å²) >= 11 is 0. The molecule has 2 amide bonds. The van der Waals surface area contributed by atoms with Gasteiger partial charge in [-0.25, -0.2) is 4.79 Å². The number of urea groups is 1. The van der Waals surface area contributed by atoms with Gasteiger partial charge in [0, 0.05) is 17.8 Å². The van der Waals surface area contributed by atoms with E-state index in [0.717, 1.165) is 25.0 Å². The summed E-state index contributed by atoms with van der Waals surface area (Å²) < 4.78 is 10.9. The lowest BCUT2D eigenvalue weighted by Gasteiger charge is -2.20. The standard InChI is InChI=1S/C15H18N2O3/c18-15(16-11-4-2-1-3-5-11)17-12-6-7-13-14(10-12)20-9-8-19-13/h2,4,6-7,10-11H,1,3,5,8-9H2,(H2,16,17,18)/t11-/m1/s1. The zero-order chi connectivity index (χ0) is 13.8. The lowest BCUT2D eigenvalue weighted by atomic mass is 10.0. The Kier molecular flexibility index (Phi) is 3.76. The monoisotopic (exact) mass is 274 g/mol. The van der Waals surface area contributed by atoms with E-state index < -0.39 is 0 Å². The van der Waals surface area contributed by atoms with Crippen molar-refractivity contribution in [1.29, 1.82) is 0 Å². The van der Waals surface area contributed by atoms with E-state index in [9.17, 15) is 4.79 Å². The first-order valence-electron chi connectivity index (χ1n) is 6.95. The fraction of sp³-hybridized carbons (Fsp3) is 0.400. The normalized spacial score (nSPS) is 20.3. The number of hydrogen-bond donors (Lipinski definition) is 2. The molecule has 0 unspecified atom stereocenters. The van der Waals surface area contributed by atoms with Crippen LogP contribution in [0.3, 0.4) is 0 Å². The summed E-state index contributed by atoms with van der Waals surface area (Å²) in [6.07, 6.45) is 7.36. The Morgan fingerprint density at radius 3 is 2.85 bits per heavy atom. The van der Waals surface area contributed by atoms with Crippen molar-refractivity contribution in [3.63, 3.8) is 0 Å². The Bertz CT molecular complexity index is 528. The minimum absolute atomic E-state index is 0.126. The molecular weight excluding hydrogens is 256 g/mol. The van der Waals surface area contributed by atoms with Crippen molar-refractivity contribution in [2.45, 2.75) is 25.3 Å². The third-order valence-corrected chi connectivity index (χ3v) is 3.37. The number of carbonyl (C=O) groups excluding carboxylic acids is 1. The lowest BCUT2D eigenvalue weighted by molar-refractivity contribution is 0.171. The van der Waals surface area contributed by atoms with Crippen LogP contribution in [0.4, 0.5) is 10.5 Å². The number of carbonyl (C=O) groups is 1. The summed E-state index contributed by atoms with van der Waals surface area (Å²) in [6.45, 7) is 1.10. The van der Waals surface area contributed by atoms with Gasteiger partial charge in [0.05, 0.1) is 0 Å². The number of allylic oxidation sites excluding steroid dienone is 1. The molecule has 1 aromatic rings. The molecule has 1 heterocycles. The van der Waals surface area contributed by atoms with Gasteiger partial charge in [-0.3, -0.25) is 0 Å². The molecule has 1 aromatic carbocycles. The number of ether oxygens (including phenoxy) is 2. The average Bonchev–Trinajstić information content (AvgIpc) is 2.48. The average molecular weight is 274 g/mol. The molecule has 0 fully saturated rings. The highest BCUT2D eigenvalue weighted by Gasteiger charge is 2.14. The van der Waals surface area contributed by atoms with Crippen LogP contribution >= 0.6 is 0 Å². The number of benzene rings is 1. The topological polar surface area (TPSA) is 59.6 Å². The van der Waals surface area contributed by atoms with Crippen LogP contribution in [0.5, 0.6) is 11.5 Å². The highest BCUT2D eigenvalue weighted by atomic mass is 16.6. The molecule has 3 rings (SSSR count). The van der Waals surface area contributed by atoms with Gasteiger partial charge in [-0.05, 0) is 31.4 Å². The molecule has 2 aliphatic rings. The van der Waals surface area contributed by atoms with Crippen LogP contribution in [0.25, 0.3) is 0 Å². The van der Waals surface area contributed by atoms with E-state index in [1.54, 1.807) is 6.07 Å². The van der Waals surface area contributed by atoms with E-state index in [1.165, 1.54) is 0 Å². The Labute approximate surface area is 118 Å². The van der Waals surface area contributed by atoms with Gasteiger partial charge < -0.3 is 20.1 Å². The van der Waals surface area contributed by atoms with Gasteiger partial charge in [0.15, 0.2) is 11.5 Å². The van der Waals surface area contributed by atoms with Crippen LogP contribution in [-0.4, -0.2) is 25.3 Å². The predicted octanol–water partition coefficient (Wildman–Crippen LogP) is 2.69. The Hall–Kier alpha value is -2.17. The first-order chi connectivity index (χ1) is 9.81. The number of nitrogens with one attached hydrogen (secondary N) is 2. The smallest absolute Gasteiger partial charge is 0.319 e.